The van der Waals surface area contributed by atoms with Crippen LogP contribution in [0.2, 0.25) is 0 Å². The van der Waals surface area contributed by atoms with Crippen molar-refractivity contribution < 1.29 is 0 Å². The second-order valence-corrected chi connectivity index (χ2v) is 5.95. The van der Waals surface area contributed by atoms with Gasteiger partial charge in [-0.05, 0) is 72.4 Å². The Morgan fingerprint density at radius 2 is 1.94 bits per heavy atom. The maximum absolute atomic E-state index is 3.65. The van der Waals surface area contributed by atoms with Crippen molar-refractivity contribution >= 4 is 0 Å². The summed E-state index contributed by atoms with van der Waals surface area (Å²) in [6.07, 6.45) is 8.23. The predicted molar refractivity (Wildman–Crippen MR) is 73.4 cm³/mol. The van der Waals surface area contributed by atoms with Crippen LogP contribution in [0, 0.1) is 0 Å². The molecule has 0 radical (unpaired) electrons. The average molecular weight is 239 g/mol. The molecule has 0 spiro atoms. The molecule has 2 saturated heterocycles. The van der Waals surface area contributed by atoms with E-state index in [1.165, 1.54) is 64.7 Å². The third-order valence-corrected chi connectivity index (χ3v) is 4.55. The Balaban J connectivity index is 1.64. The summed E-state index contributed by atoms with van der Waals surface area (Å²) in [5.74, 6) is 0. The van der Waals surface area contributed by atoms with Crippen molar-refractivity contribution in [2.45, 2.75) is 50.6 Å². The van der Waals surface area contributed by atoms with Crippen molar-refractivity contribution in [3.63, 3.8) is 0 Å². The van der Waals surface area contributed by atoms with Crippen LogP contribution in [0.15, 0.2) is 0 Å². The number of likely N-dealkylation sites (tertiary alicyclic amines) is 1. The van der Waals surface area contributed by atoms with Crippen LogP contribution in [-0.2, 0) is 0 Å². The number of nitrogens with one attached hydrogen (secondary N) is 1. The molecular weight excluding hydrogens is 210 g/mol. The fourth-order valence-electron chi connectivity index (χ4n) is 3.15. The molecular formula is C14H29N3. The van der Waals surface area contributed by atoms with Gasteiger partial charge >= 0.3 is 0 Å². The van der Waals surface area contributed by atoms with Crippen molar-refractivity contribution in [3.05, 3.63) is 0 Å². The van der Waals surface area contributed by atoms with Gasteiger partial charge in [0.1, 0.15) is 0 Å². The van der Waals surface area contributed by atoms with Gasteiger partial charge in [0.15, 0.2) is 0 Å². The minimum Gasteiger partial charge on any atom is -0.314 e. The number of piperidine rings is 2. The summed E-state index contributed by atoms with van der Waals surface area (Å²) < 4.78 is 0. The van der Waals surface area contributed by atoms with Gasteiger partial charge in [0.2, 0.25) is 0 Å². The van der Waals surface area contributed by atoms with Crippen molar-refractivity contribution in [2.75, 3.05) is 40.3 Å². The molecule has 0 aromatic carbocycles. The standard InChI is InChI=1S/C14H29N3/c1-16-10-7-14(8-11-16)17(2)12-6-13-5-3-4-9-15-13/h13-15H,3-12H2,1-2H3. The maximum Gasteiger partial charge on any atom is 0.0117 e. The highest BCUT2D eigenvalue weighted by Crippen LogP contribution is 2.16. The van der Waals surface area contributed by atoms with E-state index in [2.05, 4.69) is 29.2 Å². The number of hydrogen-bond donors (Lipinski definition) is 1. The summed E-state index contributed by atoms with van der Waals surface area (Å²) in [5.41, 5.74) is 0. The molecule has 0 aromatic rings. The normalized spacial score (nSPS) is 28.8. The van der Waals surface area contributed by atoms with E-state index in [-0.39, 0.29) is 0 Å². The van der Waals surface area contributed by atoms with Crippen molar-refractivity contribution in [3.8, 4) is 0 Å². The number of rotatable bonds is 4. The fourth-order valence-corrected chi connectivity index (χ4v) is 3.15. The van der Waals surface area contributed by atoms with E-state index in [1.54, 1.807) is 0 Å². The van der Waals surface area contributed by atoms with Gasteiger partial charge in [-0.1, -0.05) is 6.42 Å². The van der Waals surface area contributed by atoms with Crippen molar-refractivity contribution in [1.29, 1.82) is 0 Å². The zero-order valence-electron chi connectivity index (χ0n) is 11.6. The summed E-state index contributed by atoms with van der Waals surface area (Å²) in [4.78, 5) is 5.05. The SMILES string of the molecule is CN1CCC(N(C)CCC2CCCCN2)CC1. The average Bonchev–Trinajstić information content (AvgIpc) is 2.38. The van der Waals surface area contributed by atoms with Gasteiger partial charge in [-0.2, -0.15) is 0 Å². The van der Waals surface area contributed by atoms with Gasteiger partial charge in [-0.25, -0.2) is 0 Å². The molecule has 0 amide bonds. The third kappa shape index (κ3) is 4.23. The zero-order valence-corrected chi connectivity index (χ0v) is 11.6. The lowest BCUT2D eigenvalue weighted by atomic mass is 10.00. The van der Waals surface area contributed by atoms with Crippen LogP contribution >= 0.6 is 0 Å². The van der Waals surface area contributed by atoms with Gasteiger partial charge in [-0.3, -0.25) is 0 Å². The van der Waals surface area contributed by atoms with E-state index >= 15 is 0 Å². The quantitative estimate of drug-likeness (QED) is 0.803. The highest BCUT2D eigenvalue weighted by molar-refractivity contribution is 4.79. The first-order valence-corrected chi connectivity index (χ1v) is 7.38. The summed E-state index contributed by atoms with van der Waals surface area (Å²) in [5, 5.41) is 3.65. The molecule has 0 bridgehead atoms. The van der Waals surface area contributed by atoms with Crippen LogP contribution in [0.25, 0.3) is 0 Å². The molecule has 2 fully saturated rings. The fraction of sp³-hybridized carbons (Fsp3) is 1.00. The Labute approximate surface area is 107 Å². The monoisotopic (exact) mass is 239 g/mol. The van der Waals surface area contributed by atoms with Gasteiger partial charge in [-0.15, -0.1) is 0 Å². The lowest BCUT2D eigenvalue weighted by molar-refractivity contribution is 0.138. The molecule has 3 heteroatoms. The Morgan fingerprint density at radius 1 is 1.18 bits per heavy atom. The van der Waals surface area contributed by atoms with Crippen LogP contribution in [0.3, 0.4) is 0 Å². The smallest absolute Gasteiger partial charge is 0.0117 e. The molecule has 0 aliphatic carbocycles. The van der Waals surface area contributed by atoms with Crippen LogP contribution < -0.4 is 5.32 Å². The van der Waals surface area contributed by atoms with E-state index in [0.717, 1.165) is 12.1 Å². The van der Waals surface area contributed by atoms with E-state index in [0.29, 0.717) is 0 Å². The van der Waals surface area contributed by atoms with Crippen LogP contribution in [0.4, 0.5) is 0 Å². The molecule has 17 heavy (non-hydrogen) atoms. The highest BCUT2D eigenvalue weighted by atomic mass is 15.2. The first kappa shape index (κ1) is 13.3. The Kier molecular flexibility index (Phi) is 5.26. The van der Waals surface area contributed by atoms with Gasteiger partial charge < -0.3 is 15.1 Å². The van der Waals surface area contributed by atoms with Crippen LogP contribution in [0.1, 0.15) is 38.5 Å². The zero-order chi connectivity index (χ0) is 12.1. The molecule has 100 valence electrons. The number of nitrogens with zero attached hydrogens (tertiary/aromatic N) is 2. The van der Waals surface area contributed by atoms with E-state index in [1.807, 2.05) is 0 Å². The first-order chi connectivity index (χ1) is 8.25. The molecule has 1 unspecified atom stereocenters. The molecule has 0 aromatic heterocycles. The Morgan fingerprint density at radius 3 is 2.59 bits per heavy atom. The van der Waals surface area contributed by atoms with E-state index < -0.39 is 0 Å². The van der Waals surface area contributed by atoms with Crippen molar-refractivity contribution in [2.24, 2.45) is 0 Å². The molecule has 2 aliphatic rings. The summed E-state index contributed by atoms with van der Waals surface area (Å²) in [7, 11) is 4.56. The summed E-state index contributed by atoms with van der Waals surface area (Å²) in [6.45, 7) is 5.06. The molecule has 2 heterocycles. The van der Waals surface area contributed by atoms with Gasteiger partial charge in [0.05, 0.1) is 0 Å². The maximum atomic E-state index is 3.65. The van der Waals surface area contributed by atoms with Crippen LogP contribution in [0.5, 0.6) is 0 Å². The van der Waals surface area contributed by atoms with Gasteiger partial charge in [0.25, 0.3) is 0 Å². The second-order valence-electron chi connectivity index (χ2n) is 5.95. The first-order valence-electron chi connectivity index (χ1n) is 7.38. The van der Waals surface area contributed by atoms with E-state index in [9.17, 15) is 0 Å². The molecule has 3 nitrogen and oxygen atoms in total. The minimum atomic E-state index is 0.789. The van der Waals surface area contributed by atoms with Crippen LogP contribution in [-0.4, -0.2) is 62.2 Å². The van der Waals surface area contributed by atoms with Gasteiger partial charge in [0, 0.05) is 12.1 Å². The lowest BCUT2D eigenvalue weighted by Gasteiger charge is -2.36. The minimum absolute atomic E-state index is 0.789. The van der Waals surface area contributed by atoms with E-state index in [4.69, 9.17) is 0 Å². The highest BCUT2D eigenvalue weighted by Gasteiger charge is 2.21. The van der Waals surface area contributed by atoms with Crippen molar-refractivity contribution in [1.82, 2.24) is 15.1 Å². The third-order valence-electron chi connectivity index (χ3n) is 4.55. The molecule has 2 aliphatic heterocycles. The summed E-state index contributed by atoms with van der Waals surface area (Å²) >= 11 is 0. The molecule has 0 saturated carbocycles. The summed E-state index contributed by atoms with van der Waals surface area (Å²) in [6, 6.07) is 1.62. The second kappa shape index (κ2) is 6.72. The predicted octanol–water partition coefficient (Wildman–Crippen LogP) is 1.54. The largest absolute Gasteiger partial charge is 0.314 e. The molecule has 1 atom stereocenters. The Bertz CT molecular complexity index is 206. The Hall–Kier alpha value is -0.120. The molecule has 1 N–H and O–H groups in total. The topological polar surface area (TPSA) is 18.5 Å². The lowest BCUT2D eigenvalue weighted by Crippen LogP contribution is -2.44. The molecule has 2 rings (SSSR count). The number of hydrogen-bond acceptors (Lipinski definition) is 3.